The van der Waals surface area contributed by atoms with Gasteiger partial charge in [0.15, 0.2) is 0 Å². The summed E-state index contributed by atoms with van der Waals surface area (Å²) in [4.78, 5) is 17.9. The third-order valence-electron chi connectivity index (χ3n) is 5.88. The first-order valence-corrected chi connectivity index (χ1v) is 12.3. The van der Waals surface area contributed by atoms with Crippen molar-refractivity contribution in [1.29, 1.82) is 0 Å². The van der Waals surface area contributed by atoms with Crippen molar-refractivity contribution in [3.8, 4) is 21.8 Å². The normalized spacial score (nSPS) is 10.9. The summed E-state index contributed by atoms with van der Waals surface area (Å²) in [5.74, 6) is -0.445. The number of anilines is 1. The fraction of sp³-hybridized carbons (Fsp3) is 0.0667. The molecule has 0 unspecified atom stereocenters. The van der Waals surface area contributed by atoms with Gasteiger partial charge < -0.3 is 5.32 Å². The van der Waals surface area contributed by atoms with Gasteiger partial charge in [-0.25, -0.2) is 9.37 Å². The smallest absolute Gasteiger partial charge is 0.225 e. The molecule has 1 aromatic heterocycles. The second-order valence-electron chi connectivity index (χ2n) is 8.19. The van der Waals surface area contributed by atoms with E-state index in [0.29, 0.717) is 28.4 Å². The minimum Gasteiger partial charge on any atom is -0.325 e. The molecule has 0 atom stereocenters. The number of carbonyl (C=O) groups excluding carboxylic acids is 1. The van der Waals surface area contributed by atoms with Crippen LogP contribution in [-0.2, 0) is 4.79 Å². The molecule has 3 nitrogen and oxygen atoms in total. The van der Waals surface area contributed by atoms with E-state index in [0.717, 1.165) is 16.7 Å². The van der Waals surface area contributed by atoms with Crippen LogP contribution in [0.5, 0.6) is 0 Å². The molecule has 1 N–H and O–H groups in total. The zero-order valence-corrected chi connectivity index (χ0v) is 19.7. The lowest BCUT2D eigenvalue weighted by Gasteiger charge is -2.18. The van der Waals surface area contributed by atoms with Gasteiger partial charge in [0.05, 0.1) is 11.4 Å². The number of para-hydroxylation sites is 1. The highest BCUT2D eigenvalue weighted by molar-refractivity contribution is 7.13. The Kier molecular flexibility index (Phi) is 6.77. The Labute approximate surface area is 207 Å². The van der Waals surface area contributed by atoms with Gasteiger partial charge in [0.25, 0.3) is 0 Å². The highest BCUT2D eigenvalue weighted by Crippen LogP contribution is 2.34. The molecule has 0 spiro atoms. The largest absolute Gasteiger partial charge is 0.325 e. The number of carbonyl (C=O) groups is 1. The van der Waals surface area contributed by atoms with Crippen molar-refractivity contribution in [2.45, 2.75) is 12.3 Å². The van der Waals surface area contributed by atoms with Crippen LogP contribution in [0.1, 0.15) is 23.5 Å². The Bertz CT molecular complexity index is 1390. The lowest BCUT2D eigenvalue weighted by Crippen LogP contribution is -2.17. The monoisotopic (exact) mass is 478 g/mol. The van der Waals surface area contributed by atoms with E-state index >= 15 is 0 Å². The molecular weight excluding hydrogens is 455 g/mol. The summed E-state index contributed by atoms with van der Waals surface area (Å²) < 4.78 is 14.2. The van der Waals surface area contributed by atoms with E-state index in [4.69, 9.17) is 0 Å². The van der Waals surface area contributed by atoms with E-state index in [-0.39, 0.29) is 17.6 Å². The highest BCUT2D eigenvalue weighted by atomic mass is 32.1. The van der Waals surface area contributed by atoms with Crippen molar-refractivity contribution in [3.63, 3.8) is 0 Å². The van der Waals surface area contributed by atoms with Crippen LogP contribution in [0.2, 0.25) is 0 Å². The van der Waals surface area contributed by atoms with E-state index < -0.39 is 0 Å². The summed E-state index contributed by atoms with van der Waals surface area (Å²) in [5.41, 5.74) is 4.84. The Morgan fingerprint density at radius 1 is 0.771 bits per heavy atom. The number of thiazole rings is 1. The lowest BCUT2D eigenvalue weighted by molar-refractivity contribution is -0.116. The standard InChI is InChI=1S/C30H23FN2OS/c31-26-17-9-7-15-23(26)30-33-28(20-35-30)24-16-8-10-18-27(24)32-29(34)19-25(21-11-3-1-4-12-21)22-13-5-2-6-14-22/h1-18,20,25H,19H2,(H,32,34). The number of halogens is 1. The van der Waals surface area contributed by atoms with Crippen molar-refractivity contribution >= 4 is 22.9 Å². The fourth-order valence-electron chi connectivity index (χ4n) is 4.16. The van der Waals surface area contributed by atoms with Crippen molar-refractivity contribution in [1.82, 2.24) is 4.98 Å². The maximum Gasteiger partial charge on any atom is 0.225 e. The van der Waals surface area contributed by atoms with E-state index in [1.54, 1.807) is 18.2 Å². The molecule has 35 heavy (non-hydrogen) atoms. The summed E-state index contributed by atoms with van der Waals surface area (Å²) in [5, 5.41) is 5.59. The molecule has 0 saturated carbocycles. The predicted octanol–water partition coefficient (Wildman–Crippen LogP) is 7.78. The Morgan fingerprint density at radius 3 is 2.00 bits per heavy atom. The number of nitrogens with zero attached hydrogens (tertiary/aromatic N) is 1. The van der Waals surface area contributed by atoms with Crippen LogP contribution in [0.3, 0.4) is 0 Å². The molecule has 5 rings (SSSR count). The first kappa shape index (κ1) is 22.7. The molecule has 0 aliphatic rings. The molecule has 0 radical (unpaired) electrons. The van der Waals surface area contributed by atoms with Crippen molar-refractivity contribution in [2.75, 3.05) is 5.32 Å². The van der Waals surface area contributed by atoms with Crippen LogP contribution < -0.4 is 5.32 Å². The van der Waals surface area contributed by atoms with E-state index in [1.165, 1.54) is 17.4 Å². The number of nitrogens with one attached hydrogen (secondary N) is 1. The molecule has 0 aliphatic heterocycles. The Balaban J connectivity index is 1.40. The minimum atomic E-state index is -0.303. The quantitative estimate of drug-likeness (QED) is 0.260. The minimum absolute atomic E-state index is 0.0588. The van der Waals surface area contributed by atoms with Crippen molar-refractivity contribution < 1.29 is 9.18 Å². The van der Waals surface area contributed by atoms with Crippen LogP contribution in [0, 0.1) is 5.82 Å². The molecule has 172 valence electrons. The summed E-state index contributed by atoms with van der Waals surface area (Å²) in [6, 6.07) is 34.3. The molecule has 0 bridgehead atoms. The van der Waals surface area contributed by atoms with Crippen LogP contribution >= 0.6 is 11.3 Å². The average molecular weight is 479 g/mol. The number of hydrogen-bond acceptors (Lipinski definition) is 3. The van der Waals surface area contributed by atoms with Gasteiger partial charge in [-0.15, -0.1) is 11.3 Å². The summed E-state index contributed by atoms with van der Waals surface area (Å²) in [7, 11) is 0. The first-order chi connectivity index (χ1) is 17.2. The van der Waals surface area contributed by atoms with Crippen LogP contribution in [0.4, 0.5) is 10.1 Å². The molecule has 1 amide bonds. The van der Waals surface area contributed by atoms with Gasteiger partial charge in [-0.05, 0) is 29.3 Å². The maximum atomic E-state index is 14.2. The molecule has 5 aromatic rings. The van der Waals surface area contributed by atoms with Crippen LogP contribution in [0.15, 0.2) is 115 Å². The SMILES string of the molecule is O=C(CC(c1ccccc1)c1ccccc1)Nc1ccccc1-c1csc(-c2ccccc2F)n1. The molecule has 0 fully saturated rings. The number of rotatable bonds is 7. The van der Waals surface area contributed by atoms with Gasteiger partial charge in [0.2, 0.25) is 5.91 Å². The summed E-state index contributed by atoms with van der Waals surface area (Å²) in [6.45, 7) is 0. The molecular formula is C30H23FN2OS. The second kappa shape index (κ2) is 10.5. The number of aromatic nitrogens is 1. The van der Waals surface area contributed by atoms with Gasteiger partial charge in [-0.2, -0.15) is 0 Å². The van der Waals surface area contributed by atoms with Crippen LogP contribution in [0.25, 0.3) is 21.8 Å². The number of amides is 1. The second-order valence-corrected chi connectivity index (χ2v) is 9.05. The Morgan fingerprint density at radius 2 is 1.34 bits per heavy atom. The predicted molar refractivity (Wildman–Crippen MR) is 141 cm³/mol. The highest BCUT2D eigenvalue weighted by Gasteiger charge is 2.20. The molecule has 5 heteroatoms. The average Bonchev–Trinajstić information content (AvgIpc) is 3.39. The number of benzene rings is 4. The van der Waals surface area contributed by atoms with Gasteiger partial charge >= 0.3 is 0 Å². The van der Waals surface area contributed by atoms with Crippen molar-refractivity contribution in [3.05, 3.63) is 132 Å². The third kappa shape index (κ3) is 5.20. The summed E-state index contributed by atoms with van der Waals surface area (Å²) >= 11 is 1.38. The topological polar surface area (TPSA) is 42.0 Å². The Hall–Kier alpha value is -4.09. The van der Waals surface area contributed by atoms with Crippen LogP contribution in [-0.4, -0.2) is 10.9 Å². The molecule has 4 aromatic carbocycles. The fourth-order valence-corrected chi connectivity index (χ4v) is 5.00. The van der Waals surface area contributed by atoms with Crippen molar-refractivity contribution in [2.24, 2.45) is 0 Å². The summed E-state index contributed by atoms with van der Waals surface area (Å²) in [6.07, 6.45) is 0.305. The van der Waals surface area contributed by atoms with E-state index in [1.807, 2.05) is 66.0 Å². The molecule has 0 saturated heterocycles. The molecule has 1 heterocycles. The van der Waals surface area contributed by atoms with Gasteiger partial charge in [0, 0.05) is 28.8 Å². The van der Waals surface area contributed by atoms with E-state index in [9.17, 15) is 9.18 Å². The maximum absolute atomic E-state index is 14.2. The number of hydrogen-bond donors (Lipinski definition) is 1. The van der Waals surface area contributed by atoms with Gasteiger partial charge in [0.1, 0.15) is 10.8 Å². The lowest BCUT2D eigenvalue weighted by atomic mass is 9.88. The molecule has 0 aliphatic carbocycles. The zero-order chi connectivity index (χ0) is 24.0. The zero-order valence-electron chi connectivity index (χ0n) is 18.9. The van der Waals surface area contributed by atoms with Gasteiger partial charge in [-0.3, -0.25) is 4.79 Å². The third-order valence-corrected chi connectivity index (χ3v) is 6.75. The first-order valence-electron chi connectivity index (χ1n) is 11.4. The van der Waals surface area contributed by atoms with Gasteiger partial charge in [-0.1, -0.05) is 91.0 Å². The van der Waals surface area contributed by atoms with E-state index in [2.05, 4.69) is 34.6 Å².